The molecule has 0 spiro atoms. The van der Waals surface area contributed by atoms with E-state index >= 15 is 0 Å². The quantitative estimate of drug-likeness (QED) is 0.546. The second kappa shape index (κ2) is 5.69. The van der Waals surface area contributed by atoms with Gasteiger partial charge in [-0.3, -0.25) is 5.21 Å². The van der Waals surface area contributed by atoms with Crippen molar-refractivity contribution in [3.63, 3.8) is 0 Å². The van der Waals surface area contributed by atoms with Crippen molar-refractivity contribution >= 4 is 11.7 Å². The first-order valence-corrected chi connectivity index (χ1v) is 5.47. The van der Waals surface area contributed by atoms with Crippen molar-refractivity contribution in [1.29, 1.82) is 0 Å². The molecule has 92 valence electrons. The Labute approximate surface area is 94.0 Å². The van der Waals surface area contributed by atoms with E-state index in [1.807, 2.05) is 6.92 Å². The molecule has 0 unspecified atom stereocenters. The Balaban J connectivity index is 2.64. The van der Waals surface area contributed by atoms with Gasteiger partial charge in [-0.2, -0.15) is 0 Å². The van der Waals surface area contributed by atoms with Gasteiger partial charge in [-0.15, -0.1) is 0 Å². The minimum atomic E-state index is -1.19. The van der Waals surface area contributed by atoms with Gasteiger partial charge in [-0.1, -0.05) is 19.8 Å². The lowest BCUT2D eigenvalue weighted by Gasteiger charge is -2.13. The molecule has 0 aliphatic carbocycles. The second-order valence-electron chi connectivity index (χ2n) is 3.59. The van der Waals surface area contributed by atoms with E-state index in [4.69, 9.17) is 4.84 Å². The first kappa shape index (κ1) is 12.8. The second-order valence-corrected chi connectivity index (χ2v) is 3.59. The van der Waals surface area contributed by atoms with E-state index in [0.717, 1.165) is 12.8 Å². The highest BCUT2D eigenvalue weighted by Gasteiger charge is 2.44. The number of aliphatic hydroxyl groups excluding tert-OH is 1. The van der Waals surface area contributed by atoms with Crippen LogP contribution in [0.3, 0.4) is 0 Å². The molecule has 16 heavy (non-hydrogen) atoms. The summed E-state index contributed by atoms with van der Waals surface area (Å²) < 4.78 is 4.66. The van der Waals surface area contributed by atoms with Crippen LogP contribution in [-0.2, 0) is 14.4 Å². The molecular formula is C10H17NO5. The third-order valence-corrected chi connectivity index (χ3v) is 2.39. The van der Waals surface area contributed by atoms with E-state index in [1.54, 1.807) is 6.92 Å². The molecule has 2 atom stereocenters. The number of carbonyl (C=O) groups is 1. The summed E-state index contributed by atoms with van der Waals surface area (Å²) in [6.07, 6.45) is 0.463. The predicted octanol–water partition coefficient (Wildman–Crippen LogP) is 0.366. The average molecular weight is 231 g/mol. The van der Waals surface area contributed by atoms with Gasteiger partial charge in [-0.25, -0.2) is 4.79 Å². The molecular weight excluding hydrogens is 214 g/mol. The number of carbonyl (C=O) groups excluding carboxylic acids is 1. The molecule has 1 N–H and O–H groups in total. The summed E-state index contributed by atoms with van der Waals surface area (Å²) >= 11 is 0. The lowest BCUT2D eigenvalue weighted by Crippen LogP contribution is -2.35. The highest BCUT2D eigenvalue weighted by molar-refractivity contribution is 6.36. The maximum Gasteiger partial charge on any atom is 0.408 e. The summed E-state index contributed by atoms with van der Waals surface area (Å²) in [4.78, 5) is 16.3. The Morgan fingerprint density at radius 3 is 2.88 bits per heavy atom. The van der Waals surface area contributed by atoms with Crippen molar-refractivity contribution in [2.75, 3.05) is 6.61 Å². The molecule has 0 bridgehead atoms. The fourth-order valence-electron chi connectivity index (χ4n) is 1.54. The molecule has 1 rings (SSSR count). The maximum atomic E-state index is 11.3. The zero-order valence-corrected chi connectivity index (χ0v) is 9.51. The van der Waals surface area contributed by atoms with Gasteiger partial charge in [0.2, 0.25) is 0 Å². The van der Waals surface area contributed by atoms with Crippen LogP contribution in [0.5, 0.6) is 0 Å². The van der Waals surface area contributed by atoms with E-state index in [2.05, 4.69) is 4.74 Å². The van der Waals surface area contributed by atoms with Gasteiger partial charge in [0.1, 0.15) is 6.10 Å². The van der Waals surface area contributed by atoms with Crippen LogP contribution in [-0.4, -0.2) is 40.5 Å². The number of esters is 1. The van der Waals surface area contributed by atoms with E-state index < -0.39 is 18.2 Å². The Kier molecular flexibility index (Phi) is 4.54. The molecule has 0 radical (unpaired) electrons. The zero-order valence-electron chi connectivity index (χ0n) is 9.51. The van der Waals surface area contributed by atoms with Gasteiger partial charge in [0.25, 0.3) is 0 Å². The minimum Gasteiger partial charge on any atom is -0.458 e. The Hall–Kier alpha value is -1.30. The van der Waals surface area contributed by atoms with Gasteiger partial charge in [-0.05, 0) is 13.3 Å². The van der Waals surface area contributed by atoms with Gasteiger partial charge in [0, 0.05) is 0 Å². The molecule has 6 nitrogen and oxygen atoms in total. The highest BCUT2D eigenvalue weighted by Crippen LogP contribution is 2.17. The van der Waals surface area contributed by atoms with E-state index in [0.29, 0.717) is 6.42 Å². The fraction of sp³-hybridized carbons (Fsp3) is 0.800. The van der Waals surface area contributed by atoms with Crippen LogP contribution < -0.4 is 0 Å². The number of rotatable bonds is 5. The molecule has 0 aromatic carbocycles. The molecule has 1 aliphatic heterocycles. The molecule has 0 saturated heterocycles. The number of hydrogen-bond acceptors (Lipinski definition) is 5. The smallest absolute Gasteiger partial charge is 0.408 e. The predicted molar refractivity (Wildman–Crippen MR) is 55.7 cm³/mol. The number of ether oxygens (including phenoxy) is 1. The zero-order chi connectivity index (χ0) is 12.1. The van der Waals surface area contributed by atoms with Crippen LogP contribution in [0.4, 0.5) is 0 Å². The molecule has 6 heteroatoms. The highest BCUT2D eigenvalue weighted by atomic mass is 16.9. The van der Waals surface area contributed by atoms with Crippen molar-refractivity contribution in [2.24, 2.45) is 0 Å². The van der Waals surface area contributed by atoms with Crippen molar-refractivity contribution in [3.05, 3.63) is 5.21 Å². The monoisotopic (exact) mass is 231 g/mol. The van der Waals surface area contributed by atoms with E-state index in [-0.39, 0.29) is 17.2 Å². The Morgan fingerprint density at radius 1 is 1.62 bits per heavy atom. The summed E-state index contributed by atoms with van der Waals surface area (Å²) in [7, 11) is 0. The normalized spacial score (nSPS) is 24.4. The van der Waals surface area contributed by atoms with Crippen LogP contribution in [0, 0.1) is 5.21 Å². The molecule has 0 saturated carbocycles. The van der Waals surface area contributed by atoms with Crippen LogP contribution in [0.15, 0.2) is 0 Å². The topological polar surface area (TPSA) is 81.8 Å². The summed E-state index contributed by atoms with van der Waals surface area (Å²) in [5.74, 6) is -0.816. The number of aliphatic hydroxyl groups is 1. The summed E-state index contributed by atoms with van der Waals surface area (Å²) in [6, 6.07) is 0. The minimum absolute atomic E-state index is 0.0724. The number of hydrogen-bond donors (Lipinski definition) is 1. The van der Waals surface area contributed by atoms with Gasteiger partial charge < -0.3 is 14.7 Å². The lowest BCUT2D eigenvalue weighted by atomic mass is 10.0. The van der Waals surface area contributed by atoms with Crippen LogP contribution in [0.1, 0.15) is 33.1 Å². The number of nitrogens with zero attached hydrogens (tertiary/aromatic N) is 1. The van der Waals surface area contributed by atoms with Crippen LogP contribution >= 0.6 is 0 Å². The number of unbranched alkanes of at least 4 members (excludes halogenated alkanes) is 1. The standard InChI is InChI=1S/C10H17NO5/c1-3-5-6-7-9(12)8(11(14)16-7)10(13)15-4-2/h7,9,12H,3-6H2,1-2H3/t7-,9+/m0/s1. The molecule has 0 aromatic heterocycles. The van der Waals surface area contributed by atoms with Gasteiger partial charge >= 0.3 is 11.7 Å². The molecule has 1 heterocycles. The molecule has 0 aromatic rings. The third-order valence-electron chi connectivity index (χ3n) is 2.39. The van der Waals surface area contributed by atoms with Crippen molar-refractivity contribution < 1.29 is 24.4 Å². The molecule has 0 fully saturated rings. The van der Waals surface area contributed by atoms with Crippen LogP contribution in [0.2, 0.25) is 0 Å². The third kappa shape index (κ3) is 2.63. The van der Waals surface area contributed by atoms with E-state index in [1.165, 1.54) is 0 Å². The average Bonchev–Trinajstić information content (AvgIpc) is 2.51. The first-order valence-electron chi connectivity index (χ1n) is 5.47. The largest absolute Gasteiger partial charge is 0.458 e. The van der Waals surface area contributed by atoms with Gasteiger partial charge in [0.15, 0.2) is 6.10 Å². The summed E-state index contributed by atoms with van der Waals surface area (Å²) in [5, 5.41) is 21.0. The first-order chi connectivity index (χ1) is 7.61. The SMILES string of the molecule is CCCC[C@@H]1O[N+]([O-])=C(C(=O)OCC)[C@@H]1O. The lowest BCUT2D eigenvalue weighted by molar-refractivity contribution is -0.740. The Bertz CT molecular complexity index is 289. The summed E-state index contributed by atoms with van der Waals surface area (Å²) in [6.45, 7) is 3.78. The van der Waals surface area contributed by atoms with Crippen molar-refractivity contribution in [1.82, 2.24) is 0 Å². The maximum absolute atomic E-state index is 11.3. The van der Waals surface area contributed by atoms with Gasteiger partial charge in [0.05, 0.1) is 11.5 Å². The van der Waals surface area contributed by atoms with Crippen LogP contribution in [0.25, 0.3) is 0 Å². The Morgan fingerprint density at radius 2 is 2.31 bits per heavy atom. The summed E-state index contributed by atoms with van der Waals surface area (Å²) in [5.41, 5.74) is -0.358. The van der Waals surface area contributed by atoms with Crippen molar-refractivity contribution in [3.8, 4) is 0 Å². The van der Waals surface area contributed by atoms with E-state index in [9.17, 15) is 15.1 Å². The van der Waals surface area contributed by atoms with Crippen molar-refractivity contribution in [2.45, 2.75) is 45.3 Å². The fourth-order valence-corrected chi connectivity index (χ4v) is 1.54. The molecule has 0 amide bonds. The molecule has 1 aliphatic rings.